The van der Waals surface area contributed by atoms with Gasteiger partial charge in [0, 0.05) is 5.41 Å². The van der Waals surface area contributed by atoms with E-state index in [2.05, 4.69) is 43.9 Å². The lowest BCUT2D eigenvalue weighted by molar-refractivity contribution is 0.320. The van der Waals surface area contributed by atoms with Gasteiger partial charge in [0.25, 0.3) is 0 Å². The van der Waals surface area contributed by atoms with Crippen LogP contribution in [0, 0.1) is 5.41 Å². The predicted octanol–water partition coefficient (Wildman–Crippen LogP) is 3.06. The van der Waals surface area contributed by atoms with Gasteiger partial charge < -0.3 is 5.21 Å². The fourth-order valence-electron chi connectivity index (χ4n) is 0.853. The first-order valence-electron chi connectivity index (χ1n) is 3.47. The van der Waals surface area contributed by atoms with Crippen molar-refractivity contribution in [3.63, 3.8) is 0 Å². The molecule has 0 aromatic carbocycles. The highest BCUT2D eigenvalue weighted by atomic mass is 79.9. The third-order valence-corrected chi connectivity index (χ3v) is 3.79. The largest absolute Gasteiger partial charge is 0.410 e. The average Bonchev–Trinajstić information content (AvgIpc) is 2.06. The van der Waals surface area contributed by atoms with E-state index in [1.54, 1.807) is 12.2 Å². The Morgan fingerprint density at radius 2 is 1.92 bits per heavy atom. The molecule has 4 heteroatoms. The Hall–Kier alpha value is -0.0900. The van der Waals surface area contributed by atoms with Gasteiger partial charge in [-0.15, -0.1) is 0 Å². The molecule has 0 fully saturated rings. The second-order valence-electron chi connectivity index (χ2n) is 2.86. The second kappa shape index (κ2) is 3.75. The fourth-order valence-corrected chi connectivity index (χ4v) is 1.46. The normalized spacial score (nSPS) is 28.2. The van der Waals surface area contributed by atoms with Crippen molar-refractivity contribution in [1.29, 1.82) is 0 Å². The molecule has 1 rings (SSSR count). The monoisotopic (exact) mass is 293 g/mol. The molecule has 12 heavy (non-hydrogen) atoms. The van der Waals surface area contributed by atoms with E-state index in [0.717, 1.165) is 0 Å². The number of hydrogen-bond donors (Lipinski definition) is 1. The molecule has 0 bridgehead atoms. The molecule has 1 N–H and O–H groups in total. The summed E-state index contributed by atoms with van der Waals surface area (Å²) >= 11 is 6.89. The molecule has 1 aliphatic carbocycles. The van der Waals surface area contributed by atoms with Crippen molar-refractivity contribution in [3.05, 3.63) is 24.3 Å². The maximum Gasteiger partial charge on any atom is 0.102 e. The van der Waals surface area contributed by atoms with Gasteiger partial charge in [0.05, 0.1) is 3.74 Å². The topological polar surface area (TPSA) is 32.6 Å². The highest BCUT2D eigenvalue weighted by Crippen LogP contribution is 2.36. The van der Waals surface area contributed by atoms with Crippen molar-refractivity contribution >= 4 is 37.6 Å². The summed E-state index contributed by atoms with van der Waals surface area (Å²) in [6.45, 7) is 2.07. The predicted molar refractivity (Wildman–Crippen MR) is 57.3 cm³/mol. The van der Waals surface area contributed by atoms with Gasteiger partial charge in [0.15, 0.2) is 0 Å². The summed E-state index contributed by atoms with van der Waals surface area (Å²) in [6.07, 6.45) is 7.54. The van der Waals surface area contributed by atoms with Crippen LogP contribution in [0.2, 0.25) is 0 Å². The third-order valence-electron chi connectivity index (χ3n) is 1.81. The van der Waals surface area contributed by atoms with Gasteiger partial charge in [0.1, 0.15) is 5.71 Å². The molecule has 0 heterocycles. The minimum absolute atomic E-state index is 0.0613. The van der Waals surface area contributed by atoms with Gasteiger partial charge in [-0.3, -0.25) is 0 Å². The summed E-state index contributed by atoms with van der Waals surface area (Å²) in [7, 11) is 0. The van der Waals surface area contributed by atoms with E-state index in [0.29, 0.717) is 5.71 Å². The van der Waals surface area contributed by atoms with Crippen molar-refractivity contribution < 1.29 is 5.21 Å². The van der Waals surface area contributed by atoms with Crippen LogP contribution < -0.4 is 0 Å². The molecule has 0 saturated carbocycles. The Labute approximate surface area is 88.3 Å². The van der Waals surface area contributed by atoms with Crippen LogP contribution in [0.25, 0.3) is 0 Å². The Morgan fingerprint density at radius 1 is 1.42 bits per heavy atom. The number of rotatable bonds is 1. The lowest BCUT2D eigenvalue weighted by Gasteiger charge is -2.25. The Balaban J connectivity index is 2.85. The van der Waals surface area contributed by atoms with E-state index < -0.39 is 0 Å². The Bertz CT molecular complexity index is 240. The quantitative estimate of drug-likeness (QED) is 0.450. The number of halogens is 2. The first-order valence-corrected chi connectivity index (χ1v) is 5.30. The van der Waals surface area contributed by atoms with E-state index in [9.17, 15) is 0 Å². The van der Waals surface area contributed by atoms with Crippen LogP contribution in [-0.2, 0) is 0 Å². The van der Waals surface area contributed by atoms with Gasteiger partial charge in [-0.1, -0.05) is 56.1 Å². The average molecular weight is 295 g/mol. The molecule has 0 aromatic rings. The summed E-state index contributed by atoms with van der Waals surface area (Å²) in [5, 5.41) is 11.5. The van der Waals surface area contributed by atoms with Gasteiger partial charge in [-0.25, -0.2) is 0 Å². The highest BCUT2D eigenvalue weighted by molar-refractivity contribution is 9.24. The maximum absolute atomic E-state index is 8.46. The standard InChI is InChI=1S/C8H9Br2NO/c1-8(7(9)10)4-2-6(11-12)3-5-8/h2-5,7,12H,1H3. The fraction of sp³-hybridized carbons (Fsp3) is 0.375. The van der Waals surface area contributed by atoms with Crippen molar-refractivity contribution in [3.8, 4) is 0 Å². The second-order valence-corrected chi connectivity index (χ2v) is 5.92. The zero-order valence-corrected chi connectivity index (χ0v) is 9.71. The molecule has 0 radical (unpaired) electrons. The number of alkyl halides is 2. The molecule has 0 spiro atoms. The van der Waals surface area contributed by atoms with Crippen LogP contribution in [0.1, 0.15) is 6.92 Å². The van der Waals surface area contributed by atoms with E-state index in [1.165, 1.54) is 0 Å². The van der Waals surface area contributed by atoms with E-state index in [-0.39, 0.29) is 9.15 Å². The van der Waals surface area contributed by atoms with E-state index in [1.807, 2.05) is 12.2 Å². The summed E-state index contributed by atoms with van der Waals surface area (Å²) in [5.41, 5.74) is 0.516. The molecular weight excluding hydrogens is 286 g/mol. The summed E-state index contributed by atoms with van der Waals surface area (Å²) in [6, 6.07) is 0. The molecule has 0 atom stereocenters. The molecule has 0 aromatic heterocycles. The molecule has 0 amide bonds. The van der Waals surface area contributed by atoms with Crippen molar-refractivity contribution in [2.24, 2.45) is 10.6 Å². The Kier molecular flexibility index (Phi) is 3.12. The zero-order chi connectivity index (χ0) is 9.19. The summed E-state index contributed by atoms with van der Waals surface area (Å²) in [5.74, 6) is 0. The van der Waals surface area contributed by atoms with Crippen LogP contribution in [0.3, 0.4) is 0 Å². The first kappa shape index (κ1) is 9.99. The minimum Gasteiger partial charge on any atom is -0.410 e. The van der Waals surface area contributed by atoms with Crippen LogP contribution in [0.5, 0.6) is 0 Å². The van der Waals surface area contributed by atoms with Crippen LogP contribution >= 0.6 is 31.9 Å². The van der Waals surface area contributed by atoms with E-state index >= 15 is 0 Å². The third kappa shape index (κ3) is 1.98. The lowest BCUT2D eigenvalue weighted by Crippen LogP contribution is -2.20. The van der Waals surface area contributed by atoms with E-state index in [4.69, 9.17) is 5.21 Å². The summed E-state index contributed by atoms with van der Waals surface area (Å²) < 4.78 is 0.185. The smallest absolute Gasteiger partial charge is 0.102 e. The van der Waals surface area contributed by atoms with Crippen molar-refractivity contribution in [2.45, 2.75) is 10.7 Å². The van der Waals surface area contributed by atoms with Crippen LogP contribution in [-0.4, -0.2) is 14.7 Å². The van der Waals surface area contributed by atoms with Crippen molar-refractivity contribution in [1.82, 2.24) is 0 Å². The molecule has 2 nitrogen and oxygen atoms in total. The number of nitrogens with zero attached hydrogens (tertiary/aromatic N) is 1. The molecular formula is C8H9Br2NO. The number of hydrogen-bond acceptors (Lipinski definition) is 2. The molecule has 66 valence electrons. The minimum atomic E-state index is -0.0613. The van der Waals surface area contributed by atoms with Crippen LogP contribution in [0.4, 0.5) is 0 Å². The lowest BCUT2D eigenvalue weighted by atomic mass is 9.88. The van der Waals surface area contributed by atoms with Crippen molar-refractivity contribution in [2.75, 3.05) is 0 Å². The van der Waals surface area contributed by atoms with Gasteiger partial charge >= 0.3 is 0 Å². The maximum atomic E-state index is 8.46. The van der Waals surface area contributed by atoms with Gasteiger partial charge in [0.2, 0.25) is 0 Å². The number of allylic oxidation sites excluding steroid dienone is 4. The first-order chi connectivity index (χ1) is 5.58. The highest BCUT2D eigenvalue weighted by Gasteiger charge is 2.26. The van der Waals surface area contributed by atoms with Gasteiger partial charge in [-0.2, -0.15) is 0 Å². The SMILES string of the molecule is CC1(C(Br)Br)C=CC(=NO)C=C1. The molecule has 0 aliphatic heterocycles. The van der Waals surface area contributed by atoms with Gasteiger partial charge in [-0.05, 0) is 12.2 Å². The van der Waals surface area contributed by atoms with Crippen LogP contribution in [0.15, 0.2) is 29.5 Å². The molecule has 1 aliphatic rings. The molecule has 0 unspecified atom stereocenters. The summed E-state index contributed by atoms with van der Waals surface area (Å²) in [4.78, 5) is 0. The number of oxime groups is 1. The Morgan fingerprint density at radius 3 is 2.25 bits per heavy atom. The molecule has 0 saturated heterocycles. The zero-order valence-electron chi connectivity index (χ0n) is 6.54.